The second kappa shape index (κ2) is 6.23. The molecule has 2 rings (SSSR count). The lowest BCUT2D eigenvalue weighted by atomic mass is 9.79. The zero-order valence-electron chi connectivity index (χ0n) is 12.4. The van der Waals surface area contributed by atoms with Gasteiger partial charge in [0.1, 0.15) is 5.54 Å². The lowest BCUT2D eigenvalue weighted by Crippen LogP contribution is -2.56. The van der Waals surface area contributed by atoms with Crippen molar-refractivity contribution in [2.45, 2.75) is 63.5 Å². The second-order valence-electron chi connectivity index (χ2n) is 6.47. The smallest absolute Gasteiger partial charge is 0.325 e. The van der Waals surface area contributed by atoms with Crippen molar-refractivity contribution in [1.29, 1.82) is 0 Å². The van der Waals surface area contributed by atoms with Crippen LogP contribution in [0.15, 0.2) is 0 Å². The van der Waals surface area contributed by atoms with Crippen LogP contribution in [0.3, 0.4) is 0 Å². The van der Waals surface area contributed by atoms with Crippen LogP contribution in [0.25, 0.3) is 0 Å². The predicted octanol–water partition coefficient (Wildman–Crippen LogP) is 1.92. The van der Waals surface area contributed by atoms with Crippen LogP contribution in [0.2, 0.25) is 0 Å². The first-order valence-electron chi connectivity index (χ1n) is 7.66. The first-order chi connectivity index (χ1) is 9.05. The van der Waals surface area contributed by atoms with Gasteiger partial charge in [-0.3, -0.25) is 4.79 Å². The number of nitrogens with two attached hydrogens (primary N) is 1. The molecule has 1 aliphatic carbocycles. The number of carbonyl (C=O) groups excluding carboxylic acids is 1. The van der Waals surface area contributed by atoms with E-state index >= 15 is 0 Å². The number of carbonyl (C=O) groups is 1. The van der Waals surface area contributed by atoms with Crippen LogP contribution in [0.1, 0.15) is 51.9 Å². The molecule has 0 spiro atoms. The van der Waals surface area contributed by atoms with E-state index in [9.17, 15) is 4.79 Å². The van der Waals surface area contributed by atoms with Gasteiger partial charge in [0.25, 0.3) is 0 Å². The monoisotopic (exact) mass is 268 g/mol. The third-order valence-corrected chi connectivity index (χ3v) is 4.92. The van der Waals surface area contributed by atoms with Crippen LogP contribution in [-0.2, 0) is 9.53 Å². The Morgan fingerprint density at radius 2 is 2.05 bits per heavy atom. The highest BCUT2D eigenvalue weighted by Gasteiger charge is 2.42. The van der Waals surface area contributed by atoms with Gasteiger partial charge in [-0.15, -0.1) is 0 Å². The average molecular weight is 268 g/mol. The molecule has 1 saturated carbocycles. The summed E-state index contributed by atoms with van der Waals surface area (Å²) in [5.74, 6) is 0.595. The standard InChI is InChI=1S/C15H28N2O2/c1-12-5-4-9-17(10-7-12)13-6-3-8-15(16,11-13)14(18)19-2/h12-13H,3-11,16H2,1-2H3. The summed E-state index contributed by atoms with van der Waals surface area (Å²) in [7, 11) is 1.44. The van der Waals surface area contributed by atoms with E-state index in [1.165, 1.54) is 32.8 Å². The van der Waals surface area contributed by atoms with E-state index < -0.39 is 5.54 Å². The Bertz CT molecular complexity index is 321. The van der Waals surface area contributed by atoms with Crippen molar-refractivity contribution in [1.82, 2.24) is 4.90 Å². The maximum Gasteiger partial charge on any atom is 0.325 e. The molecule has 0 aromatic carbocycles. The van der Waals surface area contributed by atoms with Gasteiger partial charge in [0.15, 0.2) is 0 Å². The number of methoxy groups -OCH3 is 1. The molecule has 0 aromatic heterocycles. The molecular formula is C15H28N2O2. The fourth-order valence-electron chi connectivity index (χ4n) is 3.63. The van der Waals surface area contributed by atoms with Crippen molar-refractivity contribution in [3.8, 4) is 0 Å². The molecule has 0 bridgehead atoms. The molecule has 3 atom stereocenters. The predicted molar refractivity (Wildman–Crippen MR) is 75.8 cm³/mol. The molecule has 1 aliphatic heterocycles. The van der Waals surface area contributed by atoms with Gasteiger partial charge in [-0.25, -0.2) is 0 Å². The maximum absolute atomic E-state index is 11.9. The van der Waals surface area contributed by atoms with Crippen molar-refractivity contribution < 1.29 is 9.53 Å². The summed E-state index contributed by atoms with van der Waals surface area (Å²) in [6, 6.07) is 0.461. The SMILES string of the molecule is COC(=O)C1(N)CCCC(N2CCCC(C)CC2)C1. The van der Waals surface area contributed by atoms with Crippen LogP contribution in [0.5, 0.6) is 0 Å². The van der Waals surface area contributed by atoms with Crippen molar-refractivity contribution in [2.24, 2.45) is 11.7 Å². The lowest BCUT2D eigenvalue weighted by Gasteiger charge is -2.40. The Balaban J connectivity index is 1.98. The Hall–Kier alpha value is -0.610. The lowest BCUT2D eigenvalue weighted by molar-refractivity contribution is -0.149. The van der Waals surface area contributed by atoms with E-state index in [1.54, 1.807) is 0 Å². The van der Waals surface area contributed by atoms with Crippen LogP contribution >= 0.6 is 0 Å². The van der Waals surface area contributed by atoms with E-state index in [4.69, 9.17) is 10.5 Å². The highest BCUT2D eigenvalue weighted by Crippen LogP contribution is 2.32. The summed E-state index contributed by atoms with van der Waals surface area (Å²) in [5.41, 5.74) is 5.52. The summed E-state index contributed by atoms with van der Waals surface area (Å²) in [5, 5.41) is 0. The van der Waals surface area contributed by atoms with E-state index in [0.29, 0.717) is 6.04 Å². The third-order valence-electron chi connectivity index (χ3n) is 4.92. The first kappa shape index (κ1) is 14.8. The number of esters is 1. The zero-order valence-corrected chi connectivity index (χ0v) is 12.4. The minimum Gasteiger partial charge on any atom is -0.468 e. The van der Waals surface area contributed by atoms with Crippen molar-refractivity contribution >= 4 is 5.97 Å². The number of ether oxygens (including phenoxy) is 1. The molecule has 110 valence electrons. The molecule has 1 heterocycles. The molecule has 2 N–H and O–H groups in total. The van der Waals surface area contributed by atoms with E-state index in [0.717, 1.165) is 38.3 Å². The van der Waals surface area contributed by atoms with Gasteiger partial charge >= 0.3 is 5.97 Å². The molecule has 0 aromatic rings. The molecule has 19 heavy (non-hydrogen) atoms. The largest absolute Gasteiger partial charge is 0.468 e. The van der Waals surface area contributed by atoms with E-state index in [1.807, 2.05) is 0 Å². The molecule has 2 fully saturated rings. The number of hydrogen-bond acceptors (Lipinski definition) is 4. The Kier molecular flexibility index (Phi) is 4.85. The maximum atomic E-state index is 11.9. The Labute approximate surface area is 116 Å². The first-order valence-corrected chi connectivity index (χ1v) is 7.66. The number of hydrogen-bond donors (Lipinski definition) is 1. The van der Waals surface area contributed by atoms with Crippen LogP contribution in [-0.4, -0.2) is 42.6 Å². The van der Waals surface area contributed by atoms with Crippen molar-refractivity contribution in [2.75, 3.05) is 20.2 Å². The minimum absolute atomic E-state index is 0.236. The number of nitrogens with zero attached hydrogens (tertiary/aromatic N) is 1. The van der Waals surface area contributed by atoms with Crippen LogP contribution in [0, 0.1) is 5.92 Å². The van der Waals surface area contributed by atoms with Gasteiger partial charge in [-0.05, 0) is 64.0 Å². The summed E-state index contributed by atoms with van der Waals surface area (Å²) >= 11 is 0. The van der Waals surface area contributed by atoms with E-state index in [2.05, 4.69) is 11.8 Å². The highest BCUT2D eigenvalue weighted by atomic mass is 16.5. The number of rotatable bonds is 2. The fraction of sp³-hybridized carbons (Fsp3) is 0.933. The van der Waals surface area contributed by atoms with Crippen molar-refractivity contribution in [3.05, 3.63) is 0 Å². The third kappa shape index (κ3) is 3.48. The summed E-state index contributed by atoms with van der Waals surface area (Å²) in [4.78, 5) is 14.4. The van der Waals surface area contributed by atoms with Gasteiger partial charge in [0.05, 0.1) is 7.11 Å². The summed E-state index contributed by atoms with van der Waals surface area (Å²) < 4.78 is 4.89. The summed E-state index contributed by atoms with van der Waals surface area (Å²) in [6.45, 7) is 4.65. The topological polar surface area (TPSA) is 55.6 Å². The molecule has 4 heteroatoms. The van der Waals surface area contributed by atoms with Crippen LogP contribution in [0.4, 0.5) is 0 Å². The van der Waals surface area contributed by atoms with Gasteiger partial charge in [0, 0.05) is 6.04 Å². The molecule has 4 nitrogen and oxygen atoms in total. The Morgan fingerprint density at radius 1 is 1.26 bits per heavy atom. The van der Waals surface area contributed by atoms with E-state index in [-0.39, 0.29) is 5.97 Å². The van der Waals surface area contributed by atoms with Gasteiger partial charge in [-0.1, -0.05) is 6.92 Å². The molecule has 2 aliphatic rings. The molecular weight excluding hydrogens is 240 g/mol. The van der Waals surface area contributed by atoms with Gasteiger partial charge < -0.3 is 15.4 Å². The molecule has 3 unspecified atom stereocenters. The average Bonchev–Trinajstić information content (AvgIpc) is 2.62. The number of likely N-dealkylation sites (tertiary alicyclic amines) is 1. The molecule has 1 saturated heterocycles. The van der Waals surface area contributed by atoms with Gasteiger partial charge in [-0.2, -0.15) is 0 Å². The molecule has 0 radical (unpaired) electrons. The normalized spacial score (nSPS) is 37.6. The quantitative estimate of drug-likeness (QED) is 0.777. The summed E-state index contributed by atoms with van der Waals surface area (Å²) in [6.07, 6.45) is 7.59. The fourth-order valence-corrected chi connectivity index (χ4v) is 3.63. The highest BCUT2D eigenvalue weighted by molar-refractivity contribution is 5.80. The van der Waals surface area contributed by atoms with Crippen molar-refractivity contribution in [3.63, 3.8) is 0 Å². The second-order valence-corrected chi connectivity index (χ2v) is 6.47. The Morgan fingerprint density at radius 3 is 2.79 bits per heavy atom. The molecule has 0 amide bonds. The minimum atomic E-state index is -0.754. The van der Waals surface area contributed by atoms with Crippen LogP contribution < -0.4 is 5.73 Å². The van der Waals surface area contributed by atoms with Gasteiger partial charge in [0.2, 0.25) is 0 Å². The zero-order chi connectivity index (χ0) is 13.9.